The van der Waals surface area contributed by atoms with Crippen molar-refractivity contribution < 1.29 is 14.4 Å². The molecule has 2 aromatic rings. The number of ketones is 1. The number of carbonyl (C=O) groups is 3. The molecule has 5 nitrogen and oxygen atoms in total. The molecule has 2 N–H and O–H groups in total. The van der Waals surface area contributed by atoms with Crippen molar-refractivity contribution in [1.29, 1.82) is 0 Å². The molecule has 0 aliphatic rings. The van der Waals surface area contributed by atoms with Crippen LogP contribution in [0.3, 0.4) is 0 Å². The number of rotatable bonds is 5. The number of amides is 2. The maximum absolute atomic E-state index is 12.1. The van der Waals surface area contributed by atoms with E-state index in [1.807, 2.05) is 0 Å². The second-order valence-electron chi connectivity index (χ2n) is 5.41. The van der Waals surface area contributed by atoms with Crippen LogP contribution in [0.1, 0.15) is 24.2 Å². The highest BCUT2D eigenvalue weighted by Gasteiger charge is 2.08. The Morgan fingerprint density at radius 1 is 0.920 bits per heavy atom. The molecule has 0 spiro atoms. The number of hydrogen-bond donors (Lipinski definition) is 2. The Bertz CT molecular complexity index is 842. The molecular formula is C19H17ClN2O3. The van der Waals surface area contributed by atoms with E-state index in [0.717, 1.165) is 0 Å². The van der Waals surface area contributed by atoms with E-state index < -0.39 is 11.8 Å². The minimum Gasteiger partial charge on any atom is -0.323 e. The van der Waals surface area contributed by atoms with Crippen LogP contribution in [0, 0.1) is 0 Å². The summed E-state index contributed by atoms with van der Waals surface area (Å²) < 4.78 is 0. The molecule has 0 heterocycles. The number of nitrogens with one attached hydrogen (secondary N) is 2. The van der Waals surface area contributed by atoms with E-state index in [-0.39, 0.29) is 11.4 Å². The van der Waals surface area contributed by atoms with E-state index in [2.05, 4.69) is 10.6 Å². The molecule has 0 bridgehead atoms. The summed E-state index contributed by atoms with van der Waals surface area (Å²) in [4.78, 5) is 35.3. The number of anilines is 2. The van der Waals surface area contributed by atoms with Crippen LogP contribution in [0.2, 0.25) is 5.02 Å². The summed E-state index contributed by atoms with van der Waals surface area (Å²) in [6, 6.07) is 13.2. The van der Waals surface area contributed by atoms with Crippen molar-refractivity contribution >= 4 is 40.6 Å². The lowest BCUT2D eigenvalue weighted by molar-refractivity contribution is -0.114. The van der Waals surface area contributed by atoms with Gasteiger partial charge in [0.05, 0.1) is 0 Å². The van der Waals surface area contributed by atoms with Crippen LogP contribution in [0.25, 0.3) is 0 Å². The minimum absolute atomic E-state index is 0.0497. The van der Waals surface area contributed by atoms with E-state index in [0.29, 0.717) is 22.0 Å². The zero-order chi connectivity index (χ0) is 18.4. The normalized spacial score (nSPS) is 10.9. The number of carbonyl (C=O) groups excluding carboxylic acids is 3. The van der Waals surface area contributed by atoms with Crippen molar-refractivity contribution in [3.05, 3.63) is 70.8 Å². The number of halogens is 1. The van der Waals surface area contributed by atoms with Crippen molar-refractivity contribution in [1.82, 2.24) is 0 Å². The third-order valence-corrected chi connectivity index (χ3v) is 3.58. The molecule has 0 saturated carbocycles. The lowest BCUT2D eigenvalue weighted by Crippen LogP contribution is -2.16. The summed E-state index contributed by atoms with van der Waals surface area (Å²) in [6.07, 6.45) is 1.21. The summed E-state index contributed by atoms with van der Waals surface area (Å²) in [5.41, 5.74) is 1.89. The van der Waals surface area contributed by atoms with Crippen LogP contribution in [0.15, 0.2) is 60.2 Å². The Hall–Kier alpha value is -2.92. The molecule has 2 rings (SSSR count). The van der Waals surface area contributed by atoms with Crippen molar-refractivity contribution in [3.8, 4) is 0 Å². The van der Waals surface area contributed by atoms with Gasteiger partial charge in [-0.25, -0.2) is 0 Å². The largest absolute Gasteiger partial charge is 0.323 e. The molecule has 0 saturated heterocycles. The van der Waals surface area contributed by atoms with Gasteiger partial charge in [0.25, 0.3) is 5.91 Å². The zero-order valence-electron chi connectivity index (χ0n) is 13.8. The van der Waals surface area contributed by atoms with Gasteiger partial charge in [-0.15, -0.1) is 0 Å². The lowest BCUT2D eigenvalue weighted by atomic mass is 10.1. The van der Waals surface area contributed by atoms with Crippen LogP contribution < -0.4 is 10.6 Å². The SMILES string of the molecule is CC(=O)c1ccc(NC(=O)/C=C(/C)C(=O)Nc2cccc(Cl)c2)cc1. The second-order valence-corrected chi connectivity index (χ2v) is 5.85. The van der Waals surface area contributed by atoms with Crippen molar-refractivity contribution in [3.63, 3.8) is 0 Å². The van der Waals surface area contributed by atoms with E-state index in [4.69, 9.17) is 11.6 Å². The lowest BCUT2D eigenvalue weighted by Gasteiger charge is -2.07. The summed E-state index contributed by atoms with van der Waals surface area (Å²) in [5, 5.41) is 5.81. The highest BCUT2D eigenvalue weighted by atomic mass is 35.5. The Labute approximate surface area is 150 Å². The van der Waals surface area contributed by atoms with Gasteiger partial charge < -0.3 is 10.6 Å². The monoisotopic (exact) mass is 356 g/mol. The van der Waals surface area contributed by atoms with E-state index in [9.17, 15) is 14.4 Å². The van der Waals surface area contributed by atoms with Crippen LogP contribution in [0.4, 0.5) is 11.4 Å². The van der Waals surface area contributed by atoms with Gasteiger partial charge in [-0.3, -0.25) is 14.4 Å². The Morgan fingerprint density at radius 3 is 2.20 bits per heavy atom. The first kappa shape index (κ1) is 18.4. The Balaban J connectivity index is 1.99. The van der Waals surface area contributed by atoms with Crippen LogP contribution >= 0.6 is 11.6 Å². The second kappa shape index (κ2) is 8.26. The molecule has 25 heavy (non-hydrogen) atoms. The van der Waals surface area contributed by atoms with Crippen molar-refractivity contribution in [2.45, 2.75) is 13.8 Å². The Kier molecular flexibility index (Phi) is 6.08. The quantitative estimate of drug-likeness (QED) is 0.626. The average Bonchev–Trinajstić information content (AvgIpc) is 2.55. The summed E-state index contributed by atoms with van der Waals surface area (Å²) in [7, 11) is 0. The Morgan fingerprint density at radius 2 is 1.60 bits per heavy atom. The van der Waals surface area contributed by atoms with Gasteiger partial charge in [0.15, 0.2) is 5.78 Å². The third kappa shape index (κ3) is 5.58. The van der Waals surface area contributed by atoms with E-state index in [1.165, 1.54) is 19.9 Å². The molecule has 0 aromatic heterocycles. The van der Waals surface area contributed by atoms with Crippen LogP contribution in [-0.2, 0) is 9.59 Å². The summed E-state index contributed by atoms with van der Waals surface area (Å²) in [6.45, 7) is 3.01. The first-order chi connectivity index (χ1) is 11.8. The molecule has 2 amide bonds. The van der Waals surface area contributed by atoms with Gasteiger partial charge in [0.2, 0.25) is 5.91 Å². The fourth-order valence-corrected chi connectivity index (χ4v) is 2.22. The molecule has 0 fully saturated rings. The predicted molar refractivity (Wildman–Crippen MR) is 98.9 cm³/mol. The smallest absolute Gasteiger partial charge is 0.251 e. The van der Waals surface area contributed by atoms with E-state index >= 15 is 0 Å². The third-order valence-electron chi connectivity index (χ3n) is 3.35. The highest BCUT2D eigenvalue weighted by Crippen LogP contribution is 2.16. The zero-order valence-corrected chi connectivity index (χ0v) is 14.6. The molecular weight excluding hydrogens is 340 g/mol. The van der Waals surface area contributed by atoms with Gasteiger partial charge in [-0.2, -0.15) is 0 Å². The molecule has 0 radical (unpaired) electrons. The number of Topliss-reactive ketones (excluding diaryl/α,β-unsaturated/α-hetero) is 1. The molecule has 0 unspecified atom stereocenters. The fourth-order valence-electron chi connectivity index (χ4n) is 2.02. The van der Waals surface area contributed by atoms with Gasteiger partial charge in [-0.1, -0.05) is 17.7 Å². The topological polar surface area (TPSA) is 75.3 Å². The summed E-state index contributed by atoms with van der Waals surface area (Å²) >= 11 is 5.86. The van der Waals surface area contributed by atoms with Crippen LogP contribution in [0.5, 0.6) is 0 Å². The van der Waals surface area contributed by atoms with Gasteiger partial charge >= 0.3 is 0 Å². The summed E-state index contributed by atoms with van der Waals surface area (Å²) in [5.74, 6) is -0.884. The van der Waals surface area contributed by atoms with Crippen LogP contribution in [-0.4, -0.2) is 17.6 Å². The van der Waals surface area contributed by atoms with Crippen molar-refractivity contribution in [2.75, 3.05) is 10.6 Å². The molecule has 6 heteroatoms. The van der Waals surface area contributed by atoms with E-state index in [1.54, 1.807) is 48.5 Å². The van der Waals surface area contributed by atoms with Gasteiger partial charge in [0.1, 0.15) is 0 Å². The van der Waals surface area contributed by atoms with Crippen molar-refractivity contribution in [2.24, 2.45) is 0 Å². The maximum atomic E-state index is 12.1. The number of benzene rings is 2. The minimum atomic E-state index is -0.436. The molecule has 0 aliphatic heterocycles. The van der Waals surface area contributed by atoms with Gasteiger partial charge in [0, 0.05) is 33.6 Å². The molecule has 128 valence electrons. The fraction of sp³-hybridized carbons (Fsp3) is 0.105. The van der Waals surface area contributed by atoms with Gasteiger partial charge in [-0.05, 0) is 56.3 Å². The average molecular weight is 357 g/mol. The number of hydrogen-bond acceptors (Lipinski definition) is 3. The molecule has 0 aliphatic carbocycles. The first-order valence-electron chi connectivity index (χ1n) is 7.52. The molecule has 0 atom stereocenters. The standard InChI is InChI=1S/C19H17ClN2O3/c1-12(19(25)22-17-5-3-4-15(20)11-17)10-18(24)21-16-8-6-14(7-9-16)13(2)23/h3-11H,1-2H3,(H,21,24)(H,22,25)/b12-10-. The predicted octanol–water partition coefficient (Wildman–Crippen LogP) is 4.07. The first-order valence-corrected chi connectivity index (χ1v) is 7.90. The molecule has 2 aromatic carbocycles. The maximum Gasteiger partial charge on any atom is 0.251 e. The highest BCUT2D eigenvalue weighted by molar-refractivity contribution is 6.31.